The van der Waals surface area contributed by atoms with E-state index in [4.69, 9.17) is 5.73 Å². The Morgan fingerprint density at radius 1 is 0.739 bits per heavy atom. The lowest BCUT2D eigenvalue weighted by Gasteiger charge is -2.18. The maximum atomic E-state index is 6.09. The maximum Gasteiger partial charge on any atom is 0.0457 e. The highest BCUT2D eigenvalue weighted by Gasteiger charge is 2.20. The Labute approximate surface area is 136 Å². The lowest BCUT2D eigenvalue weighted by atomic mass is 10.1. The Balaban J connectivity index is 1.50. The first kappa shape index (κ1) is 13.7. The van der Waals surface area contributed by atoms with Crippen molar-refractivity contribution >= 4 is 22.7 Å². The van der Waals surface area contributed by atoms with Crippen molar-refractivity contribution in [2.24, 2.45) is 0 Å². The summed E-state index contributed by atoms with van der Waals surface area (Å²) in [5, 5.41) is 3.41. The molecule has 1 aliphatic rings. The number of anilines is 4. The van der Waals surface area contributed by atoms with Gasteiger partial charge in [-0.2, -0.15) is 0 Å². The van der Waals surface area contributed by atoms with Crippen LogP contribution in [-0.4, -0.2) is 0 Å². The summed E-state index contributed by atoms with van der Waals surface area (Å²) in [7, 11) is 0. The van der Waals surface area contributed by atoms with Crippen molar-refractivity contribution < 1.29 is 0 Å². The normalized spacial score (nSPS) is 13.0. The Morgan fingerprint density at radius 2 is 1.48 bits per heavy atom. The molecule has 23 heavy (non-hydrogen) atoms. The van der Waals surface area contributed by atoms with Crippen molar-refractivity contribution in [3.8, 4) is 0 Å². The first-order valence-electron chi connectivity index (χ1n) is 7.83. The smallest absolute Gasteiger partial charge is 0.0457 e. The summed E-state index contributed by atoms with van der Waals surface area (Å²) in [6, 6.07) is 24.9. The van der Waals surface area contributed by atoms with Gasteiger partial charge in [0.15, 0.2) is 0 Å². The number of nitrogens with one attached hydrogen (secondary N) is 1. The summed E-state index contributed by atoms with van der Waals surface area (Å²) in [5.41, 5.74) is 13.0. The summed E-state index contributed by atoms with van der Waals surface area (Å²) in [4.78, 5) is 2.35. The van der Waals surface area contributed by atoms with Crippen LogP contribution in [0.3, 0.4) is 0 Å². The van der Waals surface area contributed by atoms with Crippen LogP contribution >= 0.6 is 0 Å². The summed E-state index contributed by atoms with van der Waals surface area (Å²) in [5.74, 6) is 0. The number of rotatable bonds is 3. The Bertz CT molecular complexity index is 810. The minimum atomic E-state index is 0.882. The largest absolute Gasteiger partial charge is 0.398 e. The molecule has 114 valence electrons. The zero-order chi connectivity index (χ0) is 15.6. The van der Waals surface area contributed by atoms with Crippen molar-refractivity contribution in [1.29, 1.82) is 0 Å². The zero-order valence-electron chi connectivity index (χ0n) is 12.9. The van der Waals surface area contributed by atoms with E-state index in [0.29, 0.717) is 0 Å². The van der Waals surface area contributed by atoms with Gasteiger partial charge >= 0.3 is 0 Å². The SMILES string of the molecule is Nc1cccc2c1CN(c1ccc(Nc3ccccc3)cc1)C2. The summed E-state index contributed by atoms with van der Waals surface area (Å²) < 4.78 is 0. The summed E-state index contributed by atoms with van der Waals surface area (Å²) in [6.45, 7) is 1.80. The molecule has 4 rings (SSSR count). The van der Waals surface area contributed by atoms with Crippen LogP contribution in [0.5, 0.6) is 0 Å². The van der Waals surface area contributed by atoms with Gasteiger partial charge < -0.3 is 16.0 Å². The van der Waals surface area contributed by atoms with Crippen molar-refractivity contribution in [1.82, 2.24) is 0 Å². The third kappa shape index (κ3) is 2.73. The highest BCUT2D eigenvalue weighted by atomic mass is 15.1. The van der Waals surface area contributed by atoms with Gasteiger partial charge in [0.25, 0.3) is 0 Å². The molecule has 3 heteroatoms. The number of nitrogens with zero attached hydrogens (tertiary/aromatic N) is 1. The average molecular weight is 301 g/mol. The van der Waals surface area contributed by atoms with Crippen LogP contribution < -0.4 is 16.0 Å². The number of nitrogens with two attached hydrogens (primary N) is 1. The lowest BCUT2D eigenvalue weighted by Crippen LogP contribution is -2.14. The van der Waals surface area contributed by atoms with E-state index in [-0.39, 0.29) is 0 Å². The van der Waals surface area contributed by atoms with Gasteiger partial charge in [0.1, 0.15) is 0 Å². The van der Waals surface area contributed by atoms with Crippen LogP contribution in [-0.2, 0) is 13.1 Å². The third-order valence-electron chi connectivity index (χ3n) is 4.31. The van der Waals surface area contributed by atoms with Crippen LogP contribution in [0.15, 0.2) is 72.8 Å². The van der Waals surface area contributed by atoms with Gasteiger partial charge in [-0.25, -0.2) is 0 Å². The predicted molar refractivity (Wildman–Crippen MR) is 96.9 cm³/mol. The second-order valence-corrected chi connectivity index (χ2v) is 5.88. The van der Waals surface area contributed by atoms with Crippen LogP contribution in [0.1, 0.15) is 11.1 Å². The number of hydrogen-bond donors (Lipinski definition) is 2. The fourth-order valence-electron chi connectivity index (χ4n) is 3.07. The van der Waals surface area contributed by atoms with E-state index >= 15 is 0 Å². The van der Waals surface area contributed by atoms with Crippen molar-refractivity contribution in [3.05, 3.63) is 83.9 Å². The Kier molecular flexibility index (Phi) is 3.39. The lowest BCUT2D eigenvalue weighted by molar-refractivity contribution is 0.881. The van der Waals surface area contributed by atoms with Crippen LogP contribution in [0, 0.1) is 0 Å². The average Bonchev–Trinajstić information content (AvgIpc) is 3.02. The fraction of sp³-hybridized carbons (Fsp3) is 0.100. The molecule has 3 aromatic carbocycles. The van der Waals surface area contributed by atoms with E-state index < -0.39 is 0 Å². The van der Waals surface area contributed by atoms with Gasteiger partial charge in [-0.1, -0.05) is 30.3 Å². The van der Waals surface area contributed by atoms with Gasteiger partial charge in [0.2, 0.25) is 0 Å². The molecule has 0 spiro atoms. The molecule has 0 unspecified atom stereocenters. The van der Waals surface area contributed by atoms with E-state index in [9.17, 15) is 0 Å². The second kappa shape index (κ2) is 5.69. The molecular formula is C20H19N3. The van der Waals surface area contributed by atoms with Crippen molar-refractivity contribution in [2.75, 3.05) is 16.0 Å². The van der Waals surface area contributed by atoms with E-state index in [0.717, 1.165) is 30.2 Å². The number of fused-ring (bicyclic) bond motifs is 1. The number of benzene rings is 3. The standard InChI is InChI=1S/C20H19N3/c21-20-8-4-5-15-13-23(14-19(15)20)18-11-9-17(10-12-18)22-16-6-2-1-3-7-16/h1-12,22H,13-14,21H2. The molecule has 3 nitrogen and oxygen atoms in total. The molecule has 1 heterocycles. The molecule has 0 saturated carbocycles. The molecule has 0 atom stereocenters. The minimum absolute atomic E-state index is 0.882. The van der Waals surface area contributed by atoms with Gasteiger partial charge in [-0.05, 0) is 53.6 Å². The van der Waals surface area contributed by atoms with E-state index in [2.05, 4.69) is 52.7 Å². The van der Waals surface area contributed by atoms with Gasteiger partial charge in [0, 0.05) is 35.8 Å². The topological polar surface area (TPSA) is 41.3 Å². The monoisotopic (exact) mass is 301 g/mol. The molecule has 0 aromatic heterocycles. The predicted octanol–water partition coefficient (Wildman–Crippen LogP) is 4.53. The Hall–Kier alpha value is -2.94. The maximum absolute atomic E-state index is 6.09. The molecule has 0 fully saturated rings. The molecule has 0 radical (unpaired) electrons. The molecule has 0 saturated heterocycles. The number of hydrogen-bond acceptors (Lipinski definition) is 3. The van der Waals surface area contributed by atoms with Crippen molar-refractivity contribution in [3.63, 3.8) is 0 Å². The molecular weight excluding hydrogens is 282 g/mol. The van der Waals surface area contributed by atoms with Gasteiger partial charge in [-0.15, -0.1) is 0 Å². The van der Waals surface area contributed by atoms with E-state index in [1.807, 2.05) is 30.3 Å². The number of para-hydroxylation sites is 1. The van der Waals surface area contributed by atoms with Crippen LogP contribution in [0.2, 0.25) is 0 Å². The Morgan fingerprint density at radius 3 is 2.22 bits per heavy atom. The second-order valence-electron chi connectivity index (χ2n) is 5.88. The first-order chi connectivity index (χ1) is 11.3. The molecule has 0 bridgehead atoms. The van der Waals surface area contributed by atoms with E-state index in [1.54, 1.807) is 0 Å². The quantitative estimate of drug-likeness (QED) is 0.698. The minimum Gasteiger partial charge on any atom is -0.398 e. The number of nitrogen functional groups attached to an aromatic ring is 1. The van der Waals surface area contributed by atoms with Crippen LogP contribution in [0.4, 0.5) is 22.7 Å². The first-order valence-corrected chi connectivity index (χ1v) is 7.83. The highest BCUT2D eigenvalue weighted by molar-refractivity contribution is 5.65. The summed E-state index contributed by atoms with van der Waals surface area (Å²) in [6.07, 6.45) is 0. The molecule has 0 amide bonds. The van der Waals surface area contributed by atoms with Gasteiger partial charge in [-0.3, -0.25) is 0 Å². The zero-order valence-corrected chi connectivity index (χ0v) is 12.9. The molecule has 3 N–H and O–H groups in total. The van der Waals surface area contributed by atoms with Gasteiger partial charge in [0.05, 0.1) is 0 Å². The fourth-order valence-corrected chi connectivity index (χ4v) is 3.07. The highest BCUT2D eigenvalue weighted by Crippen LogP contribution is 2.32. The van der Waals surface area contributed by atoms with Crippen LogP contribution in [0.25, 0.3) is 0 Å². The van der Waals surface area contributed by atoms with Crippen molar-refractivity contribution in [2.45, 2.75) is 13.1 Å². The summed E-state index contributed by atoms with van der Waals surface area (Å²) >= 11 is 0. The molecule has 3 aromatic rings. The third-order valence-corrected chi connectivity index (χ3v) is 4.31. The van der Waals surface area contributed by atoms with E-state index in [1.165, 1.54) is 16.8 Å². The molecule has 1 aliphatic heterocycles. The molecule has 0 aliphatic carbocycles.